The molecule has 0 spiro atoms. The first-order chi connectivity index (χ1) is 20.2. The van der Waals surface area contributed by atoms with E-state index in [1.165, 1.54) is 12.1 Å². The lowest BCUT2D eigenvalue weighted by atomic mass is 10.0. The molecule has 1 N–H and O–H groups in total. The maximum absolute atomic E-state index is 13.1. The van der Waals surface area contributed by atoms with E-state index in [1.807, 2.05) is 0 Å². The van der Waals surface area contributed by atoms with Crippen LogP contribution >= 0.6 is 0 Å². The summed E-state index contributed by atoms with van der Waals surface area (Å²) in [6.07, 6.45) is -2.36. The molecule has 0 radical (unpaired) electrons. The molecule has 2 fully saturated rings. The van der Waals surface area contributed by atoms with Crippen LogP contribution < -0.4 is 19.3 Å². The number of morpholine rings is 1. The smallest absolute Gasteiger partial charge is 0.508 e. The van der Waals surface area contributed by atoms with Crippen LogP contribution in [-0.4, -0.2) is 109 Å². The molecule has 1 amide bonds. The Balaban J connectivity index is 1.37. The van der Waals surface area contributed by atoms with Crippen molar-refractivity contribution in [1.82, 2.24) is 19.8 Å². The Bertz CT molecular complexity index is 1270. The minimum absolute atomic E-state index is 0.114. The SMILES string of the molecule is C=CC(=O)N1CCN(c2nc(OCCCN3CCOCC3)nc3c2CCN(c2cc(O)ccc2OC(F)(F)F)C3)CC1. The number of nitrogens with zero attached hydrogens (tertiary/aromatic N) is 6. The zero-order chi connectivity index (χ0) is 29.7. The number of halogens is 3. The Morgan fingerprint density at radius 2 is 1.83 bits per heavy atom. The molecule has 5 rings (SSSR count). The third-order valence-corrected chi connectivity index (χ3v) is 7.55. The summed E-state index contributed by atoms with van der Waals surface area (Å²) in [6.45, 7) is 10.7. The number of phenols is 1. The van der Waals surface area contributed by atoms with E-state index in [2.05, 4.69) is 26.1 Å². The average molecular weight is 593 g/mol. The lowest BCUT2D eigenvalue weighted by Gasteiger charge is -2.38. The Labute approximate surface area is 242 Å². The first-order valence-electron chi connectivity index (χ1n) is 14.0. The van der Waals surface area contributed by atoms with Crippen molar-refractivity contribution in [3.05, 3.63) is 42.1 Å². The van der Waals surface area contributed by atoms with Gasteiger partial charge in [0.05, 0.1) is 37.7 Å². The second-order valence-electron chi connectivity index (χ2n) is 10.3. The number of aromatic nitrogens is 2. The zero-order valence-corrected chi connectivity index (χ0v) is 23.3. The quantitative estimate of drug-likeness (QED) is 0.345. The van der Waals surface area contributed by atoms with E-state index in [0.717, 1.165) is 57.0 Å². The summed E-state index contributed by atoms with van der Waals surface area (Å²) in [5.41, 5.74) is 1.62. The van der Waals surface area contributed by atoms with Crippen molar-refractivity contribution >= 4 is 17.4 Å². The number of ether oxygens (including phenoxy) is 3. The summed E-state index contributed by atoms with van der Waals surface area (Å²) in [5, 5.41) is 10.1. The van der Waals surface area contributed by atoms with Crippen LogP contribution in [0.3, 0.4) is 0 Å². The number of hydrogen-bond acceptors (Lipinski definition) is 10. The largest absolute Gasteiger partial charge is 0.573 e. The van der Waals surface area contributed by atoms with Crippen LogP contribution in [0.15, 0.2) is 30.9 Å². The van der Waals surface area contributed by atoms with Gasteiger partial charge in [-0.25, -0.2) is 0 Å². The maximum atomic E-state index is 13.1. The van der Waals surface area contributed by atoms with Crippen molar-refractivity contribution in [2.75, 3.05) is 82.0 Å². The molecule has 42 heavy (non-hydrogen) atoms. The molecule has 0 atom stereocenters. The Morgan fingerprint density at radius 1 is 1.07 bits per heavy atom. The molecule has 0 aliphatic carbocycles. The van der Waals surface area contributed by atoms with Gasteiger partial charge in [0.1, 0.15) is 11.6 Å². The highest BCUT2D eigenvalue weighted by Gasteiger charge is 2.34. The minimum atomic E-state index is -4.88. The first-order valence-corrected chi connectivity index (χ1v) is 14.0. The fourth-order valence-corrected chi connectivity index (χ4v) is 5.43. The predicted octanol–water partition coefficient (Wildman–Crippen LogP) is 2.58. The van der Waals surface area contributed by atoms with Crippen molar-refractivity contribution in [2.45, 2.75) is 25.7 Å². The van der Waals surface area contributed by atoms with E-state index < -0.39 is 12.1 Å². The highest BCUT2D eigenvalue weighted by Crippen LogP contribution is 2.39. The third-order valence-electron chi connectivity index (χ3n) is 7.55. The Morgan fingerprint density at radius 3 is 2.55 bits per heavy atom. The van der Waals surface area contributed by atoms with Gasteiger partial charge in [-0.05, 0) is 31.1 Å². The number of anilines is 2. The Hall–Kier alpha value is -3.78. The normalized spacial score (nSPS) is 18.0. The highest BCUT2D eigenvalue weighted by molar-refractivity contribution is 5.87. The van der Waals surface area contributed by atoms with E-state index >= 15 is 0 Å². The van der Waals surface area contributed by atoms with Gasteiger partial charge in [-0.1, -0.05) is 6.58 Å². The number of fused-ring (bicyclic) bond motifs is 1. The monoisotopic (exact) mass is 592 g/mol. The Kier molecular flexibility index (Phi) is 9.21. The van der Waals surface area contributed by atoms with E-state index in [0.29, 0.717) is 57.3 Å². The summed E-state index contributed by atoms with van der Waals surface area (Å²) >= 11 is 0. The second-order valence-corrected chi connectivity index (χ2v) is 10.3. The van der Waals surface area contributed by atoms with Gasteiger partial charge in [0.2, 0.25) is 5.91 Å². The molecule has 1 aromatic heterocycles. The lowest BCUT2D eigenvalue weighted by molar-refractivity contribution is -0.274. The summed E-state index contributed by atoms with van der Waals surface area (Å²) in [6, 6.07) is 3.71. The standard InChI is InChI=1S/C28H35F3N6O5/c1-2-25(39)35-9-11-36(12-10-35)26-21-6-8-37(23-18-20(38)4-5-24(23)42-28(29,30)31)19-22(21)32-27(33-26)41-15-3-7-34-13-16-40-17-14-34/h2,4-5,18,38H,1,3,6-17,19H2. The van der Waals surface area contributed by atoms with Crippen LogP contribution in [0.2, 0.25) is 0 Å². The molecule has 0 unspecified atom stereocenters. The van der Waals surface area contributed by atoms with Crippen molar-refractivity contribution in [3.8, 4) is 17.5 Å². The maximum Gasteiger partial charge on any atom is 0.573 e. The van der Waals surface area contributed by atoms with Crippen molar-refractivity contribution in [2.24, 2.45) is 0 Å². The van der Waals surface area contributed by atoms with Crippen LogP contribution in [-0.2, 0) is 22.5 Å². The van der Waals surface area contributed by atoms with Gasteiger partial charge in [0.25, 0.3) is 0 Å². The van der Waals surface area contributed by atoms with Crippen LogP contribution in [0.25, 0.3) is 0 Å². The van der Waals surface area contributed by atoms with E-state index in [9.17, 15) is 23.1 Å². The van der Waals surface area contributed by atoms with Crippen LogP contribution in [0, 0.1) is 0 Å². The topological polar surface area (TPSA) is 104 Å². The molecule has 228 valence electrons. The van der Waals surface area contributed by atoms with E-state index in [4.69, 9.17) is 14.5 Å². The fraction of sp³-hybridized carbons (Fsp3) is 0.536. The number of alkyl halides is 3. The number of carbonyl (C=O) groups is 1. The molecule has 4 heterocycles. The molecule has 3 aliphatic heterocycles. The van der Waals surface area contributed by atoms with Crippen LogP contribution in [0.4, 0.5) is 24.7 Å². The molecular formula is C28H35F3N6O5. The number of phenolic OH excluding ortho intramolecular Hbond substituents is 1. The zero-order valence-electron chi connectivity index (χ0n) is 23.3. The summed E-state index contributed by atoms with van der Waals surface area (Å²) in [7, 11) is 0. The number of aromatic hydroxyl groups is 1. The first kappa shape index (κ1) is 29.7. The predicted molar refractivity (Wildman–Crippen MR) is 148 cm³/mol. The molecule has 11 nitrogen and oxygen atoms in total. The average Bonchev–Trinajstić information content (AvgIpc) is 2.99. The van der Waals surface area contributed by atoms with Crippen molar-refractivity contribution in [1.29, 1.82) is 0 Å². The van der Waals surface area contributed by atoms with Crippen LogP contribution in [0.5, 0.6) is 17.5 Å². The van der Waals surface area contributed by atoms with E-state index in [1.54, 1.807) is 9.80 Å². The van der Waals surface area contributed by atoms with E-state index in [-0.39, 0.29) is 29.9 Å². The number of carbonyl (C=O) groups excluding carboxylic acids is 1. The fourth-order valence-electron chi connectivity index (χ4n) is 5.43. The van der Waals surface area contributed by atoms with Crippen LogP contribution in [0.1, 0.15) is 17.7 Å². The molecule has 1 aromatic carbocycles. The van der Waals surface area contributed by atoms with Gasteiger partial charge >= 0.3 is 12.4 Å². The molecule has 2 saturated heterocycles. The summed E-state index contributed by atoms with van der Waals surface area (Å²) < 4.78 is 55.0. The molecule has 14 heteroatoms. The molecule has 0 saturated carbocycles. The number of amides is 1. The van der Waals surface area contributed by atoms with Gasteiger partial charge in [-0.3, -0.25) is 9.69 Å². The van der Waals surface area contributed by atoms with Gasteiger partial charge < -0.3 is 34.0 Å². The number of rotatable bonds is 9. The third kappa shape index (κ3) is 7.34. The number of hydrogen-bond donors (Lipinski definition) is 1. The summed E-state index contributed by atoms with van der Waals surface area (Å²) in [4.78, 5) is 29.4. The molecular weight excluding hydrogens is 557 g/mol. The molecule has 0 bridgehead atoms. The highest BCUT2D eigenvalue weighted by atomic mass is 19.4. The number of piperazine rings is 1. The minimum Gasteiger partial charge on any atom is -0.508 e. The van der Waals surface area contributed by atoms with Gasteiger partial charge in [0.15, 0.2) is 5.75 Å². The molecule has 2 aromatic rings. The lowest BCUT2D eigenvalue weighted by Crippen LogP contribution is -2.49. The van der Waals surface area contributed by atoms with Crippen molar-refractivity contribution in [3.63, 3.8) is 0 Å². The summed E-state index contributed by atoms with van der Waals surface area (Å²) in [5.74, 6) is 0.00375. The van der Waals surface area contributed by atoms with Gasteiger partial charge in [-0.15, -0.1) is 13.2 Å². The van der Waals surface area contributed by atoms with Gasteiger partial charge in [0, 0.05) is 64.0 Å². The second kappa shape index (κ2) is 13.0. The van der Waals surface area contributed by atoms with Gasteiger partial charge in [-0.2, -0.15) is 9.97 Å². The number of benzene rings is 1. The van der Waals surface area contributed by atoms with Crippen molar-refractivity contribution < 1.29 is 37.3 Å². The molecule has 3 aliphatic rings.